The molecule has 0 atom stereocenters. The van der Waals surface area contributed by atoms with Gasteiger partial charge in [0.2, 0.25) is 0 Å². The average molecular weight is 390 g/mol. The van der Waals surface area contributed by atoms with E-state index in [0.29, 0.717) is 0 Å². The van der Waals surface area contributed by atoms with Crippen LogP contribution in [-0.4, -0.2) is 0 Å². The highest BCUT2D eigenvalue weighted by Gasteiger charge is 2.21. The third-order valence-electron chi connectivity index (χ3n) is 5.60. The Morgan fingerprint density at radius 2 is 0.900 bits per heavy atom. The molecule has 0 amide bonds. The van der Waals surface area contributed by atoms with Gasteiger partial charge in [-0.05, 0) is 47.5 Å². The molecule has 0 saturated carbocycles. The zero-order valence-corrected chi connectivity index (χ0v) is 16.2. The molecule has 2 aliphatic heterocycles. The third-order valence-corrected chi connectivity index (χ3v) is 5.60. The number of para-hydroxylation sites is 2. The highest BCUT2D eigenvalue weighted by atomic mass is 16.5. The van der Waals surface area contributed by atoms with Crippen molar-refractivity contribution in [2.45, 2.75) is 12.8 Å². The number of benzene rings is 4. The Labute approximate surface area is 174 Å². The molecular formula is C26H18N2O2. The van der Waals surface area contributed by atoms with E-state index in [0.717, 1.165) is 69.5 Å². The van der Waals surface area contributed by atoms with E-state index in [-0.39, 0.29) is 0 Å². The van der Waals surface area contributed by atoms with Crippen LogP contribution in [0.3, 0.4) is 0 Å². The topological polar surface area (TPSA) is 43.2 Å². The average Bonchev–Trinajstić information content (AvgIpc) is 2.80. The van der Waals surface area contributed by atoms with E-state index >= 15 is 0 Å². The first-order valence-electron chi connectivity index (χ1n) is 10.0. The molecule has 0 bridgehead atoms. The van der Waals surface area contributed by atoms with Gasteiger partial charge < -0.3 is 9.47 Å². The molecule has 4 heteroatoms. The van der Waals surface area contributed by atoms with Crippen LogP contribution in [0.4, 0.5) is 11.4 Å². The number of rotatable bonds is 2. The van der Waals surface area contributed by atoms with E-state index in [1.54, 1.807) is 0 Å². The van der Waals surface area contributed by atoms with Crippen molar-refractivity contribution in [3.63, 3.8) is 0 Å². The Morgan fingerprint density at radius 1 is 0.467 bits per heavy atom. The Balaban J connectivity index is 1.36. The molecule has 144 valence electrons. The molecule has 2 heterocycles. The summed E-state index contributed by atoms with van der Waals surface area (Å²) in [7, 11) is 0. The summed E-state index contributed by atoms with van der Waals surface area (Å²) in [6, 6.07) is 28.1. The smallest absolute Gasteiger partial charge is 0.133 e. The van der Waals surface area contributed by atoms with Crippen LogP contribution in [0.2, 0.25) is 0 Å². The highest BCUT2D eigenvalue weighted by molar-refractivity contribution is 5.62. The summed E-state index contributed by atoms with van der Waals surface area (Å²) < 4.78 is 12.2. The Bertz CT molecular complexity index is 1210. The number of fused-ring (bicyclic) bond motifs is 4. The number of hydrogen-bond donors (Lipinski definition) is 0. The first-order chi connectivity index (χ1) is 14.8. The van der Waals surface area contributed by atoms with Gasteiger partial charge in [-0.1, -0.05) is 48.5 Å². The van der Waals surface area contributed by atoms with Gasteiger partial charge >= 0.3 is 0 Å². The number of ether oxygens (including phenoxy) is 2. The second-order valence-electron chi connectivity index (χ2n) is 7.48. The predicted octanol–water partition coefficient (Wildman–Crippen LogP) is 7.50. The normalized spacial score (nSPS) is 13.5. The van der Waals surface area contributed by atoms with E-state index in [9.17, 15) is 0 Å². The molecule has 4 nitrogen and oxygen atoms in total. The second kappa shape index (κ2) is 6.85. The summed E-state index contributed by atoms with van der Waals surface area (Å²) in [5, 5.41) is 9.23. The number of azo groups is 1. The van der Waals surface area contributed by atoms with Crippen LogP contribution in [0.1, 0.15) is 22.3 Å². The van der Waals surface area contributed by atoms with Crippen molar-refractivity contribution in [3.8, 4) is 23.0 Å². The van der Waals surface area contributed by atoms with Gasteiger partial charge in [0.25, 0.3) is 0 Å². The third kappa shape index (κ3) is 2.85. The Hall–Kier alpha value is -3.92. The lowest BCUT2D eigenvalue weighted by Crippen LogP contribution is -2.03. The van der Waals surface area contributed by atoms with Gasteiger partial charge in [0.05, 0.1) is 11.4 Å². The Morgan fingerprint density at radius 3 is 1.40 bits per heavy atom. The quantitative estimate of drug-likeness (QED) is 0.287. The summed E-state index contributed by atoms with van der Waals surface area (Å²) in [5.41, 5.74) is 6.11. The molecule has 0 spiro atoms. The maximum atomic E-state index is 6.08. The van der Waals surface area contributed by atoms with Crippen LogP contribution in [-0.2, 0) is 12.8 Å². The number of hydrogen-bond acceptors (Lipinski definition) is 4. The summed E-state index contributed by atoms with van der Waals surface area (Å²) in [6.45, 7) is 0. The van der Waals surface area contributed by atoms with Crippen LogP contribution in [0.25, 0.3) is 0 Å². The van der Waals surface area contributed by atoms with Crippen molar-refractivity contribution >= 4 is 11.4 Å². The summed E-state index contributed by atoms with van der Waals surface area (Å²) in [6.07, 6.45) is 1.56. The lowest BCUT2D eigenvalue weighted by molar-refractivity contribution is 0.459. The molecule has 4 aromatic rings. The summed E-state index contributed by atoms with van der Waals surface area (Å²) >= 11 is 0. The molecule has 6 rings (SSSR count). The predicted molar refractivity (Wildman–Crippen MR) is 116 cm³/mol. The van der Waals surface area contributed by atoms with Gasteiger partial charge in [-0.25, -0.2) is 0 Å². The van der Waals surface area contributed by atoms with Crippen LogP contribution in [0.5, 0.6) is 23.0 Å². The zero-order valence-electron chi connectivity index (χ0n) is 16.2. The van der Waals surface area contributed by atoms with Crippen LogP contribution in [0.15, 0.2) is 95.2 Å². The second-order valence-corrected chi connectivity index (χ2v) is 7.48. The fourth-order valence-electron chi connectivity index (χ4n) is 4.07. The Kier molecular flexibility index (Phi) is 3.88. The van der Waals surface area contributed by atoms with Crippen molar-refractivity contribution in [1.29, 1.82) is 0 Å². The zero-order chi connectivity index (χ0) is 19.9. The fraction of sp³-hybridized carbons (Fsp3) is 0.0769. The molecule has 2 aliphatic rings. The lowest BCUT2D eigenvalue weighted by atomic mass is 9.99. The molecule has 30 heavy (non-hydrogen) atoms. The van der Waals surface area contributed by atoms with E-state index in [1.165, 1.54) is 0 Å². The van der Waals surface area contributed by atoms with Gasteiger partial charge in [-0.3, -0.25) is 0 Å². The van der Waals surface area contributed by atoms with Crippen molar-refractivity contribution in [2.24, 2.45) is 10.2 Å². The van der Waals surface area contributed by atoms with Crippen LogP contribution >= 0.6 is 0 Å². The van der Waals surface area contributed by atoms with E-state index in [1.807, 2.05) is 72.8 Å². The van der Waals surface area contributed by atoms with Crippen LogP contribution in [0, 0.1) is 0 Å². The molecule has 0 aliphatic carbocycles. The first-order valence-corrected chi connectivity index (χ1v) is 10.0. The van der Waals surface area contributed by atoms with Crippen molar-refractivity contribution < 1.29 is 9.47 Å². The molecule has 0 aromatic heterocycles. The lowest BCUT2D eigenvalue weighted by Gasteiger charge is -2.21. The SMILES string of the molecule is c1ccc2c(c1)Cc1c(N=Nc3cccc4c3Cc3ccccc3O4)cccc1O2. The van der Waals surface area contributed by atoms with Crippen molar-refractivity contribution in [2.75, 3.05) is 0 Å². The molecular weight excluding hydrogens is 372 g/mol. The number of nitrogens with zero attached hydrogens (tertiary/aromatic N) is 2. The molecule has 0 fully saturated rings. The van der Waals surface area contributed by atoms with Gasteiger partial charge in [-0.15, -0.1) is 0 Å². The monoisotopic (exact) mass is 390 g/mol. The largest absolute Gasteiger partial charge is 0.457 e. The van der Waals surface area contributed by atoms with Crippen molar-refractivity contribution in [3.05, 3.63) is 107 Å². The van der Waals surface area contributed by atoms with E-state index < -0.39 is 0 Å². The van der Waals surface area contributed by atoms with Gasteiger partial charge in [0, 0.05) is 24.0 Å². The standard InChI is InChI=1S/C26H18N2O2/c1-3-11-23-17(7-1)15-19-21(9-5-13-25(19)29-23)27-28-22-10-6-14-26-20(22)16-18-8-2-4-12-24(18)30-26/h1-14H,15-16H2. The molecule has 0 saturated heterocycles. The van der Waals surface area contributed by atoms with E-state index in [4.69, 9.17) is 9.47 Å². The minimum Gasteiger partial charge on any atom is -0.457 e. The molecule has 0 unspecified atom stereocenters. The van der Waals surface area contributed by atoms with Crippen molar-refractivity contribution in [1.82, 2.24) is 0 Å². The van der Waals surface area contributed by atoms with Gasteiger partial charge in [0.1, 0.15) is 23.0 Å². The first kappa shape index (κ1) is 17.0. The van der Waals surface area contributed by atoms with Gasteiger partial charge in [0.15, 0.2) is 0 Å². The fourth-order valence-corrected chi connectivity index (χ4v) is 4.07. The molecule has 0 N–H and O–H groups in total. The summed E-state index contributed by atoms with van der Waals surface area (Å²) in [5.74, 6) is 3.51. The van der Waals surface area contributed by atoms with Crippen LogP contribution < -0.4 is 9.47 Å². The molecule has 4 aromatic carbocycles. The van der Waals surface area contributed by atoms with E-state index in [2.05, 4.69) is 22.4 Å². The highest BCUT2D eigenvalue weighted by Crippen LogP contribution is 2.43. The van der Waals surface area contributed by atoms with Gasteiger partial charge in [-0.2, -0.15) is 10.2 Å². The minimum absolute atomic E-state index is 0.782. The maximum absolute atomic E-state index is 6.08. The summed E-state index contributed by atoms with van der Waals surface area (Å²) in [4.78, 5) is 0. The minimum atomic E-state index is 0.782. The maximum Gasteiger partial charge on any atom is 0.133 e. The molecule has 0 radical (unpaired) electrons.